The number of aryl methyl sites for hydroxylation is 2. The molecular weight excluding hydrogens is 242 g/mol. The molecule has 1 N–H and O–H groups in total. The van der Waals surface area contributed by atoms with Crippen LogP contribution in [0.2, 0.25) is 5.02 Å². The number of aromatic nitrogens is 1. The normalized spacial score (nSPS) is 10.8. The van der Waals surface area contributed by atoms with Crippen molar-refractivity contribution in [2.45, 2.75) is 20.5 Å². The predicted octanol–water partition coefficient (Wildman–Crippen LogP) is 3.57. The molecule has 0 radical (unpaired) electrons. The maximum absolute atomic E-state index is 9.27. The number of hydrogen-bond donors (Lipinski definition) is 1. The molecule has 0 fully saturated rings. The lowest BCUT2D eigenvalue weighted by molar-refractivity contribution is 0.286. The van der Waals surface area contributed by atoms with Gasteiger partial charge in [0.25, 0.3) is 0 Å². The molecule has 0 saturated carbocycles. The zero-order valence-electron chi connectivity index (χ0n) is 9.12. The Morgan fingerprint density at radius 1 is 1.38 bits per heavy atom. The lowest BCUT2D eigenvalue weighted by atomic mass is 10.1. The van der Waals surface area contributed by atoms with Crippen LogP contribution in [0.3, 0.4) is 0 Å². The summed E-state index contributed by atoms with van der Waals surface area (Å²) >= 11 is 7.69. The highest BCUT2D eigenvalue weighted by Crippen LogP contribution is 2.33. The summed E-state index contributed by atoms with van der Waals surface area (Å²) in [6.07, 6.45) is 0. The molecule has 84 valence electrons. The Morgan fingerprint density at radius 2 is 2.12 bits per heavy atom. The average molecular weight is 254 g/mol. The van der Waals surface area contributed by atoms with Crippen molar-refractivity contribution < 1.29 is 5.11 Å². The molecular formula is C12H12ClNOS. The van der Waals surface area contributed by atoms with E-state index in [-0.39, 0.29) is 6.61 Å². The number of aliphatic hydroxyl groups is 1. The molecule has 1 aromatic heterocycles. The molecule has 0 spiro atoms. The lowest BCUT2D eigenvalue weighted by Crippen LogP contribution is -1.87. The number of benzene rings is 1. The van der Waals surface area contributed by atoms with Gasteiger partial charge in [-0.05, 0) is 25.5 Å². The van der Waals surface area contributed by atoms with Crippen molar-refractivity contribution in [3.05, 3.63) is 38.7 Å². The minimum Gasteiger partial charge on any atom is -0.391 e. The molecule has 1 heterocycles. The number of halogens is 1. The van der Waals surface area contributed by atoms with Gasteiger partial charge in [-0.2, -0.15) is 0 Å². The quantitative estimate of drug-likeness (QED) is 0.888. The van der Waals surface area contributed by atoms with Gasteiger partial charge in [0.05, 0.1) is 27.2 Å². The summed E-state index contributed by atoms with van der Waals surface area (Å²) < 4.78 is 0. The van der Waals surface area contributed by atoms with E-state index in [0.29, 0.717) is 5.02 Å². The van der Waals surface area contributed by atoms with Crippen molar-refractivity contribution in [1.29, 1.82) is 0 Å². The highest BCUT2D eigenvalue weighted by molar-refractivity contribution is 7.12. The number of rotatable bonds is 2. The van der Waals surface area contributed by atoms with E-state index in [1.165, 1.54) is 11.3 Å². The monoisotopic (exact) mass is 253 g/mol. The van der Waals surface area contributed by atoms with Crippen LogP contribution in [0.1, 0.15) is 15.4 Å². The maximum atomic E-state index is 9.27. The minimum atomic E-state index is 0.00501. The van der Waals surface area contributed by atoms with Crippen LogP contribution >= 0.6 is 22.9 Å². The van der Waals surface area contributed by atoms with E-state index in [1.807, 2.05) is 32.0 Å². The predicted molar refractivity (Wildman–Crippen MR) is 68.0 cm³/mol. The summed E-state index contributed by atoms with van der Waals surface area (Å²) in [4.78, 5) is 5.28. The Labute approximate surface area is 104 Å². The molecule has 0 aliphatic carbocycles. The van der Waals surface area contributed by atoms with Crippen LogP contribution in [0.25, 0.3) is 11.3 Å². The molecule has 1 aromatic carbocycles. The van der Waals surface area contributed by atoms with Crippen molar-refractivity contribution in [1.82, 2.24) is 4.98 Å². The Kier molecular flexibility index (Phi) is 3.28. The maximum Gasteiger partial charge on any atom is 0.0905 e. The molecule has 0 amide bonds. The van der Waals surface area contributed by atoms with E-state index in [4.69, 9.17) is 11.6 Å². The number of nitrogens with zero attached hydrogens (tertiary/aromatic N) is 1. The second-order valence-corrected chi connectivity index (χ2v) is 5.34. The summed E-state index contributed by atoms with van der Waals surface area (Å²) in [5.74, 6) is 0. The van der Waals surface area contributed by atoms with Gasteiger partial charge >= 0.3 is 0 Å². The largest absolute Gasteiger partial charge is 0.391 e. The van der Waals surface area contributed by atoms with E-state index in [1.54, 1.807) is 0 Å². The number of hydrogen-bond acceptors (Lipinski definition) is 3. The van der Waals surface area contributed by atoms with Gasteiger partial charge in [-0.3, -0.25) is 0 Å². The molecule has 2 nitrogen and oxygen atoms in total. The molecule has 16 heavy (non-hydrogen) atoms. The summed E-state index contributed by atoms with van der Waals surface area (Å²) in [5, 5.41) is 10.9. The van der Waals surface area contributed by atoms with Gasteiger partial charge in [0, 0.05) is 5.56 Å². The molecule has 2 aromatic rings. The highest BCUT2D eigenvalue weighted by atomic mass is 35.5. The molecule has 0 unspecified atom stereocenters. The zero-order valence-corrected chi connectivity index (χ0v) is 10.7. The van der Waals surface area contributed by atoms with Gasteiger partial charge in [0.15, 0.2) is 0 Å². The van der Waals surface area contributed by atoms with E-state index in [9.17, 15) is 5.11 Å². The third-order valence-electron chi connectivity index (χ3n) is 2.33. The van der Waals surface area contributed by atoms with E-state index in [0.717, 1.165) is 26.7 Å². The second kappa shape index (κ2) is 4.53. The van der Waals surface area contributed by atoms with Gasteiger partial charge in [-0.1, -0.05) is 23.7 Å². The van der Waals surface area contributed by atoms with Crippen molar-refractivity contribution in [2.75, 3.05) is 0 Å². The van der Waals surface area contributed by atoms with E-state index in [2.05, 4.69) is 4.98 Å². The smallest absolute Gasteiger partial charge is 0.0905 e. The lowest BCUT2D eigenvalue weighted by Gasteiger charge is -2.04. The minimum absolute atomic E-state index is 0.00501. The number of aliphatic hydroxyl groups excluding tert-OH is 1. The SMILES string of the molecule is Cc1ccc(-c2nc(C)sc2CO)c(Cl)c1. The average Bonchev–Trinajstić information content (AvgIpc) is 2.59. The fourth-order valence-corrected chi connectivity index (χ4v) is 2.73. The summed E-state index contributed by atoms with van der Waals surface area (Å²) in [6, 6.07) is 5.86. The Balaban J connectivity index is 2.57. The second-order valence-electron chi connectivity index (χ2n) is 3.65. The fraction of sp³-hybridized carbons (Fsp3) is 0.250. The van der Waals surface area contributed by atoms with Gasteiger partial charge in [0.1, 0.15) is 0 Å². The van der Waals surface area contributed by atoms with Gasteiger partial charge in [-0.15, -0.1) is 11.3 Å². The van der Waals surface area contributed by atoms with Gasteiger partial charge < -0.3 is 5.11 Å². The molecule has 4 heteroatoms. The van der Waals surface area contributed by atoms with Crippen molar-refractivity contribution >= 4 is 22.9 Å². The summed E-state index contributed by atoms with van der Waals surface area (Å²) in [7, 11) is 0. The summed E-state index contributed by atoms with van der Waals surface area (Å²) in [5.41, 5.74) is 2.81. The van der Waals surface area contributed by atoms with Crippen LogP contribution < -0.4 is 0 Å². The van der Waals surface area contributed by atoms with Crippen LogP contribution in [0.4, 0.5) is 0 Å². The third-order valence-corrected chi connectivity index (χ3v) is 3.60. The Morgan fingerprint density at radius 3 is 2.75 bits per heavy atom. The van der Waals surface area contributed by atoms with Crippen molar-refractivity contribution in [3.8, 4) is 11.3 Å². The third kappa shape index (κ3) is 2.12. The van der Waals surface area contributed by atoms with Crippen LogP contribution in [0.5, 0.6) is 0 Å². The van der Waals surface area contributed by atoms with Crippen LogP contribution in [0.15, 0.2) is 18.2 Å². The molecule has 0 saturated heterocycles. The zero-order chi connectivity index (χ0) is 11.7. The van der Waals surface area contributed by atoms with Crippen molar-refractivity contribution in [3.63, 3.8) is 0 Å². The van der Waals surface area contributed by atoms with E-state index >= 15 is 0 Å². The summed E-state index contributed by atoms with van der Waals surface area (Å²) in [6.45, 7) is 3.93. The Hall–Kier alpha value is -0.900. The van der Waals surface area contributed by atoms with E-state index < -0.39 is 0 Å². The Bertz CT molecular complexity index is 522. The number of thiazole rings is 1. The molecule has 2 rings (SSSR count). The molecule has 0 bridgehead atoms. The standard InChI is InChI=1S/C12H12ClNOS/c1-7-3-4-9(10(13)5-7)12-11(6-15)16-8(2)14-12/h3-5,15H,6H2,1-2H3. The van der Waals surface area contributed by atoms with Gasteiger partial charge in [0.2, 0.25) is 0 Å². The first-order valence-corrected chi connectivity index (χ1v) is 6.15. The first-order chi connectivity index (χ1) is 7.61. The van der Waals surface area contributed by atoms with Gasteiger partial charge in [-0.25, -0.2) is 4.98 Å². The topological polar surface area (TPSA) is 33.1 Å². The first-order valence-electron chi connectivity index (χ1n) is 4.95. The first kappa shape index (κ1) is 11.6. The fourth-order valence-electron chi connectivity index (χ4n) is 1.60. The molecule has 0 aliphatic heterocycles. The molecule has 0 atom stereocenters. The molecule has 0 aliphatic rings. The van der Waals surface area contributed by atoms with Crippen molar-refractivity contribution in [2.24, 2.45) is 0 Å². The van der Waals surface area contributed by atoms with Crippen LogP contribution in [-0.4, -0.2) is 10.1 Å². The highest BCUT2D eigenvalue weighted by Gasteiger charge is 2.13. The van der Waals surface area contributed by atoms with Crippen LogP contribution in [-0.2, 0) is 6.61 Å². The van der Waals surface area contributed by atoms with Crippen LogP contribution in [0, 0.1) is 13.8 Å².